The topological polar surface area (TPSA) is 254 Å². The van der Waals surface area contributed by atoms with Gasteiger partial charge in [-0.05, 0) is 80.3 Å². The third-order valence-corrected chi connectivity index (χ3v) is 11.7. The van der Waals surface area contributed by atoms with Crippen LogP contribution in [0.15, 0.2) is 42.5 Å². The molecule has 8 N–H and O–H groups in total. The summed E-state index contributed by atoms with van der Waals surface area (Å²) in [7, 11) is -3.43. The minimum absolute atomic E-state index is 0.00232. The largest absolute Gasteiger partial charge is 0.490 e. The van der Waals surface area contributed by atoms with Crippen LogP contribution in [0.5, 0.6) is 5.75 Å². The van der Waals surface area contributed by atoms with Crippen molar-refractivity contribution in [1.82, 2.24) is 30.7 Å². The molecule has 5 rings (SSSR count). The van der Waals surface area contributed by atoms with Crippen molar-refractivity contribution < 1.29 is 47.9 Å². The van der Waals surface area contributed by atoms with Gasteiger partial charge in [0.25, 0.3) is 11.4 Å². The average Bonchev–Trinajstić information content (AvgIpc) is 3.76. The van der Waals surface area contributed by atoms with Gasteiger partial charge in [-0.1, -0.05) is 23.7 Å². The fourth-order valence-electron chi connectivity index (χ4n) is 7.47. The van der Waals surface area contributed by atoms with Crippen molar-refractivity contribution in [1.29, 1.82) is 0 Å². The number of benzene rings is 2. The first-order chi connectivity index (χ1) is 27.0. The summed E-state index contributed by atoms with van der Waals surface area (Å²) >= 11 is 6.67. The molecule has 308 valence electrons. The van der Waals surface area contributed by atoms with E-state index < -0.39 is 37.0 Å². The summed E-state index contributed by atoms with van der Waals surface area (Å²) < 4.78 is 17.6. The molecular weight excluding hydrogens is 781 g/mol. The summed E-state index contributed by atoms with van der Waals surface area (Å²) in [5.74, 6) is -0.843. The van der Waals surface area contributed by atoms with Gasteiger partial charge in [0.2, 0.25) is 17.7 Å². The third-order valence-electron chi connectivity index (χ3n) is 10.5. The molecule has 2 aromatic carbocycles. The molecule has 57 heavy (non-hydrogen) atoms. The van der Waals surface area contributed by atoms with Gasteiger partial charge in [0.05, 0.1) is 11.1 Å². The van der Waals surface area contributed by atoms with E-state index in [0.29, 0.717) is 73.3 Å². The standard InChI is InChI=1S/C38H49ClN7O10P/c1-22(47)45-15-13-23-14-16-46(31(23)19-28(20-45)42-36(50)30-18-26-17-25(9-11-29(26)44-30)37(51)57(53,54)55)38(52)43-27(10-12-33(40)48)21-56-32-7-3-5-24(35(32)39)6-4-8-34(49)41-2/h3,5,7,9,11,17-18,23,27-28,31,44H,4,6,8,10,12-16,19-21H2,1-2H3,(H2,40,48)(H,41,49)(H,42,50)(H,43,52)(H2,53,54,55)/t23-,27?,28?,31?/m0/s1. The Kier molecular flexibility index (Phi) is 14.4. The van der Waals surface area contributed by atoms with Gasteiger partial charge >= 0.3 is 13.6 Å². The third kappa shape index (κ3) is 11.3. The fourth-order valence-corrected chi connectivity index (χ4v) is 8.22. The van der Waals surface area contributed by atoms with Crippen LogP contribution >= 0.6 is 19.2 Å². The van der Waals surface area contributed by atoms with Gasteiger partial charge in [0.1, 0.15) is 18.1 Å². The molecule has 0 saturated carbocycles. The van der Waals surface area contributed by atoms with Crippen molar-refractivity contribution >= 4 is 65.3 Å². The zero-order chi connectivity index (χ0) is 41.4. The van der Waals surface area contributed by atoms with E-state index in [0.717, 1.165) is 5.56 Å². The number of rotatable bonds is 15. The lowest BCUT2D eigenvalue weighted by molar-refractivity contribution is -0.129. The Bertz CT molecular complexity index is 2050. The number of H-pyrrole nitrogens is 1. The van der Waals surface area contributed by atoms with Crippen LogP contribution in [0.1, 0.15) is 78.3 Å². The van der Waals surface area contributed by atoms with Crippen molar-refractivity contribution in [3.05, 3.63) is 64.3 Å². The summed E-state index contributed by atoms with van der Waals surface area (Å²) in [6, 6.07) is 8.97. The van der Waals surface area contributed by atoms with E-state index in [1.165, 1.54) is 31.2 Å². The Morgan fingerprint density at radius 1 is 1.07 bits per heavy atom. The summed E-state index contributed by atoms with van der Waals surface area (Å²) in [5, 5.41) is 9.41. The van der Waals surface area contributed by atoms with Crippen molar-refractivity contribution in [2.45, 2.75) is 76.4 Å². The maximum Gasteiger partial charge on any atom is 0.396 e. The number of carbonyl (C=O) groups excluding carboxylic acids is 6. The van der Waals surface area contributed by atoms with Crippen LogP contribution in [0.2, 0.25) is 5.02 Å². The molecule has 4 atom stereocenters. The Morgan fingerprint density at radius 3 is 2.53 bits per heavy atom. The number of hydrogen-bond donors (Lipinski definition) is 7. The quantitative estimate of drug-likeness (QED) is 0.110. The highest BCUT2D eigenvalue weighted by atomic mass is 35.5. The molecule has 17 nitrogen and oxygen atoms in total. The molecule has 0 radical (unpaired) electrons. The monoisotopic (exact) mass is 829 g/mol. The zero-order valence-electron chi connectivity index (χ0n) is 31.8. The molecule has 3 unspecified atom stereocenters. The minimum Gasteiger partial charge on any atom is -0.490 e. The van der Waals surface area contributed by atoms with E-state index in [1.54, 1.807) is 29.0 Å². The SMILES string of the molecule is CNC(=O)CCCc1cccc(OCC(CCC(N)=O)NC(=O)N2CC[C@@H]3CCN(C(C)=O)CC(NC(=O)c4cc5cc(C(=O)P(=O)(O)O)ccc5[nH]4)CC32)c1Cl. The molecule has 0 aliphatic carbocycles. The second-order valence-corrected chi connectivity index (χ2v) is 16.4. The Hall–Kier alpha value is -4.96. The van der Waals surface area contributed by atoms with Gasteiger partial charge in [-0.3, -0.25) is 28.5 Å². The number of halogens is 1. The highest BCUT2D eigenvalue weighted by molar-refractivity contribution is 7.70. The molecule has 2 saturated heterocycles. The second kappa shape index (κ2) is 19.0. The predicted octanol–water partition coefficient (Wildman–Crippen LogP) is 3.06. The molecule has 2 aliphatic heterocycles. The maximum absolute atomic E-state index is 14.0. The second-order valence-electron chi connectivity index (χ2n) is 14.5. The summed E-state index contributed by atoms with van der Waals surface area (Å²) in [5.41, 5.74) is 5.34. The highest BCUT2D eigenvalue weighted by Gasteiger charge is 2.41. The van der Waals surface area contributed by atoms with E-state index in [2.05, 4.69) is 20.9 Å². The first-order valence-electron chi connectivity index (χ1n) is 18.8. The number of primary amides is 1. The number of hydrogen-bond acceptors (Lipinski definition) is 8. The van der Waals surface area contributed by atoms with E-state index in [4.69, 9.17) is 22.1 Å². The fraction of sp³-hybridized carbons (Fsp3) is 0.474. The number of aromatic amines is 1. The zero-order valence-corrected chi connectivity index (χ0v) is 33.4. The molecule has 2 fully saturated rings. The van der Waals surface area contributed by atoms with Crippen molar-refractivity contribution in [2.24, 2.45) is 11.7 Å². The van der Waals surface area contributed by atoms with Crippen LogP contribution in [-0.2, 0) is 25.4 Å². The van der Waals surface area contributed by atoms with Gasteiger partial charge < -0.3 is 51.0 Å². The number of carbonyl (C=O) groups is 6. The average molecular weight is 830 g/mol. The first-order valence-corrected chi connectivity index (χ1v) is 20.8. The Labute approximate surface area is 334 Å². The lowest BCUT2D eigenvalue weighted by Crippen LogP contribution is -2.54. The molecular formula is C38H49ClN7O10P. The molecule has 6 amide bonds. The number of fused-ring (bicyclic) bond motifs is 2. The van der Waals surface area contributed by atoms with Crippen LogP contribution < -0.4 is 26.4 Å². The lowest BCUT2D eigenvalue weighted by atomic mass is 9.89. The molecule has 3 aromatic rings. The molecule has 3 heterocycles. The van der Waals surface area contributed by atoms with Gasteiger partial charge in [0, 0.05) is 75.0 Å². The minimum atomic E-state index is -5.01. The summed E-state index contributed by atoms with van der Waals surface area (Å²) in [4.78, 5) is 101. The maximum atomic E-state index is 14.0. The number of aromatic nitrogens is 1. The van der Waals surface area contributed by atoms with Crippen LogP contribution in [-0.4, -0.2) is 111 Å². The smallest absolute Gasteiger partial charge is 0.396 e. The number of likely N-dealkylation sites (tertiary alicyclic amines) is 2. The van der Waals surface area contributed by atoms with E-state index in [9.17, 15) is 43.1 Å². The van der Waals surface area contributed by atoms with Gasteiger partial charge in [-0.25, -0.2) is 4.79 Å². The summed E-state index contributed by atoms with van der Waals surface area (Å²) in [6.45, 7) is 2.51. The van der Waals surface area contributed by atoms with Gasteiger partial charge in [-0.15, -0.1) is 0 Å². The van der Waals surface area contributed by atoms with Crippen molar-refractivity contribution in [2.75, 3.05) is 33.3 Å². The number of urea groups is 1. The number of nitrogens with zero attached hydrogens (tertiary/aromatic N) is 2. The number of amides is 6. The number of ether oxygens (including phenoxy) is 1. The summed E-state index contributed by atoms with van der Waals surface area (Å²) in [6.07, 6.45) is 3.36. The first kappa shape index (κ1) is 43.2. The normalized spacial score (nSPS) is 18.9. The highest BCUT2D eigenvalue weighted by Crippen LogP contribution is 2.39. The number of nitrogens with one attached hydrogen (secondary N) is 4. The molecule has 0 bridgehead atoms. The lowest BCUT2D eigenvalue weighted by Gasteiger charge is -2.37. The van der Waals surface area contributed by atoms with E-state index >= 15 is 0 Å². The van der Waals surface area contributed by atoms with Gasteiger partial charge in [0.15, 0.2) is 0 Å². The van der Waals surface area contributed by atoms with Gasteiger partial charge in [-0.2, -0.15) is 0 Å². The van der Waals surface area contributed by atoms with E-state index in [1.807, 2.05) is 6.07 Å². The molecule has 19 heteroatoms. The van der Waals surface area contributed by atoms with Crippen molar-refractivity contribution in [3.8, 4) is 5.75 Å². The Morgan fingerprint density at radius 2 is 1.82 bits per heavy atom. The molecule has 2 aliphatic rings. The predicted molar refractivity (Wildman–Crippen MR) is 211 cm³/mol. The molecule has 0 spiro atoms. The molecule has 1 aromatic heterocycles. The number of aryl methyl sites for hydroxylation is 1. The van der Waals surface area contributed by atoms with E-state index in [-0.39, 0.29) is 67.1 Å². The number of nitrogens with two attached hydrogens (primary N) is 1. The van der Waals surface area contributed by atoms with Crippen LogP contribution in [0.4, 0.5) is 4.79 Å². The van der Waals surface area contributed by atoms with Crippen LogP contribution in [0, 0.1) is 5.92 Å². The van der Waals surface area contributed by atoms with Crippen LogP contribution in [0.25, 0.3) is 10.9 Å². The van der Waals surface area contributed by atoms with Crippen molar-refractivity contribution in [3.63, 3.8) is 0 Å². The Balaban J connectivity index is 1.28. The van der Waals surface area contributed by atoms with Crippen LogP contribution in [0.3, 0.4) is 0 Å².